The molecule has 46 heavy (non-hydrogen) atoms. The lowest BCUT2D eigenvalue weighted by Gasteiger charge is -2.36. The Morgan fingerprint density at radius 3 is 2.50 bits per heavy atom. The number of carbonyl (C=O) groups is 2. The SMILES string of the molecule is C[C@@H]1CCCCO[C@H](CN(C)Cc2ccncc2)[C@H](C)CN([C@@H](C)CO)C(=O)c2cc(NC(=O)Nc3ccc(F)cc3)ccc2O1. The van der Waals surface area contributed by atoms with Crippen LogP contribution in [-0.2, 0) is 11.3 Å². The molecule has 0 radical (unpaired) electrons. The van der Waals surface area contributed by atoms with E-state index in [9.17, 15) is 19.1 Å². The fourth-order valence-electron chi connectivity index (χ4n) is 5.46. The number of benzene rings is 2. The van der Waals surface area contributed by atoms with Crippen molar-refractivity contribution in [3.05, 3.63) is 83.9 Å². The first kappa shape index (κ1) is 34.8. The summed E-state index contributed by atoms with van der Waals surface area (Å²) < 4.78 is 26.0. The maximum atomic E-state index is 14.3. The fraction of sp³-hybridized carbons (Fsp3) is 0.457. The number of aromatic nitrogens is 1. The van der Waals surface area contributed by atoms with E-state index in [1.165, 1.54) is 24.3 Å². The predicted octanol–water partition coefficient (Wildman–Crippen LogP) is 5.79. The van der Waals surface area contributed by atoms with Crippen LogP contribution in [0.2, 0.25) is 0 Å². The van der Waals surface area contributed by atoms with Crippen molar-refractivity contribution in [2.75, 3.05) is 44.0 Å². The van der Waals surface area contributed by atoms with Crippen LogP contribution in [0.1, 0.15) is 56.0 Å². The number of likely N-dealkylation sites (N-methyl/N-ethyl adjacent to an activating group) is 1. The van der Waals surface area contributed by atoms with Crippen molar-refractivity contribution in [3.63, 3.8) is 0 Å². The monoisotopic (exact) mass is 635 g/mol. The lowest BCUT2D eigenvalue weighted by Crippen LogP contribution is -2.47. The number of urea groups is 1. The van der Waals surface area contributed by atoms with Gasteiger partial charge in [-0.05, 0) is 100 Å². The van der Waals surface area contributed by atoms with E-state index in [0.717, 1.165) is 31.4 Å². The molecular formula is C35H46FN5O5. The van der Waals surface area contributed by atoms with Gasteiger partial charge in [-0.1, -0.05) is 6.92 Å². The van der Waals surface area contributed by atoms with E-state index in [1.54, 1.807) is 42.4 Å². The first-order chi connectivity index (χ1) is 22.1. The summed E-state index contributed by atoms with van der Waals surface area (Å²) in [4.78, 5) is 35.0. The summed E-state index contributed by atoms with van der Waals surface area (Å²) in [7, 11) is 2.05. The molecule has 11 heteroatoms. The average molecular weight is 636 g/mol. The largest absolute Gasteiger partial charge is 0.490 e. The normalized spacial score (nSPS) is 20.3. The summed E-state index contributed by atoms with van der Waals surface area (Å²) in [6, 6.07) is 13.4. The van der Waals surface area contributed by atoms with Gasteiger partial charge in [0.25, 0.3) is 5.91 Å². The molecule has 3 N–H and O–H groups in total. The zero-order chi connectivity index (χ0) is 33.1. The van der Waals surface area contributed by atoms with Gasteiger partial charge in [0.05, 0.1) is 30.4 Å². The fourth-order valence-corrected chi connectivity index (χ4v) is 5.46. The number of carbonyl (C=O) groups excluding carboxylic acids is 2. The van der Waals surface area contributed by atoms with Crippen molar-refractivity contribution >= 4 is 23.3 Å². The van der Waals surface area contributed by atoms with Crippen molar-refractivity contribution in [1.82, 2.24) is 14.8 Å². The summed E-state index contributed by atoms with van der Waals surface area (Å²) in [5.74, 6) is -0.381. The van der Waals surface area contributed by atoms with Gasteiger partial charge in [0.1, 0.15) is 11.6 Å². The summed E-state index contributed by atoms with van der Waals surface area (Å²) in [6.45, 7) is 7.95. The van der Waals surface area contributed by atoms with Crippen LogP contribution in [0.15, 0.2) is 67.0 Å². The molecule has 3 amide bonds. The maximum absolute atomic E-state index is 14.3. The number of halogens is 1. The highest BCUT2D eigenvalue weighted by Crippen LogP contribution is 2.29. The smallest absolute Gasteiger partial charge is 0.323 e. The second-order valence-corrected chi connectivity index (χ2v) is 12.1. The number of aliphatic hydroxyl groups excluding tert-OH is 1. The van der Waals surface area contributed by atoms with E-state index >= 15 is 0 Å². The van der Waals surface area contributed by atoms with Crippen LogP contribution in [0.5, 0.6) is 5.75 Å². The number of hydrogen-bond donors (Lipinski definition) is 3. The van der Waals surface area contributed by atoms with Gasteiger partial charge in [-0.3, -0.25) is 14.7 Å². The standard InChI is InChI=1S/C35H46FN5O5/c1-24-20-41(25(2)23-42)34(43)31-19-30(39-35(44)38-29-10-8-28(36)9-11-29)12-13-32(31)46-26(3)7-5-6-18-45-33(24)22-40(4)21-27-14-16-37-17-15-27/h8-17,19,24-26,33,42H,5-7,18,20-23H2,1-4H3,(H2,38,39,44)/t24-,25+,26-,33-/m1/s1. The molecule has 10 nitrogen and oxygen atoms in total. The molecule has 0 aliphatic carbocycles. The van der Waals surface area contributed by atoms with Crippen LogP contribution in [0.3, 0.4) is 0 Å². The number of aliphatic hydroxyl groups is 1. The minimum atomic E-state index is -0.542. The maximum Gasteiger partial charge on any atom is 0.323 e. The molecule has 4 rings (SSSR count). The summed E-state index contributed by atoms with van der Waals surface area (Å²) >= 11 is 0. The summed E-state index contributed by atoms with van der Waals surface area (Å²) in [6.07, 6.45) is 5.79. The minimum absolute atomic E-state index is 0.0631. The highest BCUT2D eigenvalue weighted by molar-refractivity contribution is 6.02. The van der Waals surface area contributed by atoms with Gasteiger partial charge < -0.3 is 30.1 Å². The van der Waals surface area contributed by atoms with Gasteiger partial charge in [0.15, 0.2) is 0 Å². The van der Waals surface area contributed by atoms with E-state index < -0.39 is 17.9 Å². The lowest BCUT2D eigenvalue weighted by molar-refractivity contribution is -0.0177. The zero-order valence-corrected chi connectivity index (χ0v) is 27.1. The van der Waals surface area contributed by atoms with Gasteiger partial charge in [0.2, 0.25) is 0 Å². The first-order valence-electron chi connectivity index (χ1n) is 15.9. The Balaban J connectivity index is 1.58. The molecule has 0 spiro atoms. The Hall–Kier alpha value is -4.06. The second kappa shape index (κ2) is 17.0. The Morgan fingerprint density at radius 1 is 1.09 bits per heavy atom. The number of ether oxygens (including phenoxy) is 2. The van der Waals surface area contributed by atoms with Crippen LogP contribution in [-0.4, -0.2) is 83.4 Å². The van der Waals surface area contributed by atoms with Crippen molar-refractivity contribution in [3.8, 4) is 5.75 Å². The third-order valence-electron chi connectivity index (χ3n) is 8.10. The zero-order valence-electron chi connectivity index (χ0n) is 27.1. The number of rotatable bonds is 8. The molecule has 2 heterocycles. The summed E-state index contributed by atoms with van der Waals surface area (Å²) in [5.41, 5.74) is 2.24. The molecule has 1 aliphatic rings. The first-order valence-corrected chi connectivity index (χ1v) is 15.9. The van der Waals surface area contributed by atoms with E-state index in [0.29, 0.717) is 36.8 Å². The molecule has 2 aromatic carbocycles. The number of fused-ring (bicyclic) bond motifs is 1. The van der Waals surface area contributed by atoms with E-state index in [1.807, 2.05) is 19.1 Å². The number of amides is 3. The van der Waals surface area contributed by atoms with Crippen LogP contribution < -0.4 is 15.4 Å². The molecule has 0 unspecified atom stereocenters. The Bertz CT molecular complexity index is 1410. The second-order valence-electron chi connectivity index (χ2n) is 12.1. The lowest BCUT2D eigenvalue weighted by atomic mass is 10.0. The van der Waals surface area contributed by atoms with E-state index in [2.05, 4.69) is 34.5 Å². The van der Waals surface area contributed by atoms with Crippen molar-refractivity contribution < 1.29 is 28.6 Å². The Kier molecular flexibility index (Phi) is 12.9. The number of pyridine rings is 1. The molecule has 0 fully saturated rings. The molecule has 1 aliphatic heterocycles. The number of nitrogens with one attached hydrogen (secondary N) is 2. The molecule has 1 aromatic heterocycles. The van der Waals surface area contributed by atoms with Crippen LogP contribution in [0.4, 0.5) is 20.6 Å². The number of nitrogens with zero attached hydrogens (tertiary/aromatic N) is 3. The van der Waals surface area contributed by atoms with Crippen LogP contribution >= 0.6 is 0 Å². The van der Waals surface area contributed by atoms with Gasteiger partial charge in [-0.2, -0.15) is 0 Å². The Labute approximate surface area is 270 Å². The molecule has 0 bridgehead atoms. The number of hydrogen-bond acceptors (Lipinski definition) is 7. The number of anilines is 2. The van der Waals surface area contributed by atoms with Gasteiger partial charge >= 0.3 is 6.03 Å². The van der Waals surface area contributed by atoms with Crippen molar-refractivity contribution in [2.45, 2.75) is 64.8 Å². The molecule has 248 valence electrons. The minimum Gasteiger partial charge on any atom is -0.490 e. The summed E-state index contributed by atoms with van der Waals surface area (Å²) in [5, 5.41) is 15.6. The van der Waals surface area contributed by atoms with Crippen molar-refractivity contribution in [2.24, 2.45) is 5.92 Å². The third-order valence-corrected chi connectivity index (χ3v) is 8.10. The highest BCUT2D eigenvalue weighted by Gasteiger charge is 2.30. The van der Waals surface area contributed by atoms with Gasteiger partial charge in [0, 0.05) is 55.9 Å². The molecule has 0 saturated carbocycles. The third kappa shape index (κ3) is 10.2. The topological polar surface area (TPSA) is 116 Å². The van der Waals surface area contributed by atoms with Crippen LogP contribution in [0.25, 0.3) is 0 Å². The predicted molar refractivity (Wildman–Crippen MR) is 176 cm³/mol. The molecular weight excluding hydrogens is 589 g/mol. The quantitative estimate of drug-likeness (QED) is 0.287. The molecule has 3 aromatic rings. The highest BCUT2D eigenvalue weighted by atomic mass is 19.1. The van der Waals surface area contributed by atoms with E-state index in [4.69, 9.17) is 9.47 Å². The van der Waals surface area contributed by atoms with Crippen molar-refractivity contribution in [1.29, 1.82) is 0 Å². The van der Waals surface area contributed by atoms with Gasteiger partial charge in [-0.15, -0.1) is 0 Å². The van der Waals surface area contributed by atoms with E-state index in [-0.39, 0.29) is 36.2 Å². The molecule has 0 saturated heterocycles. The average Bonchev–Trinajstić information content (AvgIpc) is 3.04. The van der Waals surface area contributed by atoms with Crippen LogP contribution in [0, 0.1) is 11.7 Å². The van der Waals surface area contributed by atoms with Gasteiger partial charge in [-0.25, -0.2) is 9.18 Å². The molecule has 4 atom stereocenters. The Morgan fingerprint density at radius 2 is 1.78 bits per heavy atom.